The Bertz CT molecular complexity index is 1810. The van der Waals surface area contributed by atoms with E-state index in [1.165, 1.54) is 9.80 Å². The van der Waals surface area contributed by atoms with Gasteiger partial charge in [0.1, 0.15) is 0 Å². The van der Waals surface area contributed by atoms with Crippen molar-refractivity contribution in [1.29, 1.82) is 0 Å². The third-order valence-electron chi connectivity index (χ3n) is 8.51. The van der Waals surface area contributed by atoms with Crippen molar-refractivity contribution < 1.29 is 24.2 Å². The van der Waals surface area contributed by atoms with Crippen LogP contribution in [0.5, 0.6) is 0 Å². The summed E-state index contributed by atoms with van der Waals surface area (Å²) in [7, 11) is 0. The van der Waals surface area contributed by atoms with Gasteiger partial charge in [0.25, 0.3) is 11.8 Å². The normalized spacial score (nSPS) is 19.3. The smallest absolute Gasteiger partial charge is 0.261 e. The van der Waals surface area contributed by atoms with Crippen LogP contribution >= 0.6 is 11.8 Å². The molecule has 2 aliphatic rings. The summed E-state index contributed by atoms with van der Waals surface area (Å²) in [6.07, 6.45) is -0.0299. The summed E-state index contributed by atoms with van der Waals surface area (Å²) < 4.78 is 13.1. The number of carbonyl (C=O) groups is 2. The number of rotatable bonds is 9. The largest absolute Gasteiger partial charge is 0.392 e. The minimum absolute atomic E-state index is 0.00164. The van der Waals surface area contributed by atoms with E-state index >= 15 is 0 Å². The Hall–Kier alpha value is -4.53. The lowest BCUT2D eigenvalue weighted by atomic mass is 9.97. The Balaban J connectivity index is 1.11. The number of hydrogen-bond acceptors (Lipinski definition) is 6. The molecule has 0 aromatic heterocycles. The second-order valence-corrected chi connectivity index (χ2v) is 12.6. The Morgan fingerprint density at radius 1 is 0.674 bits per heavy atom. The molecule has 0 radical (unpaired) electrons. The molecule has 2 aliphatic heterocycles. The zero-order valence-electron chi connectivity index (χ0n) is 25.1. The van der Waals surface area contributed by atoms with Gasteiger partial charge in [-0.3, -0.25) is 14.5 Å². The van der Waals surface area contributed by atoms with E-state index in [1.54, 1.807) is 36.0 Å². The average molecular weight is 628 g/mol. The number of thioether (sulfide) groups is 1. The van der Waals surface area contributed by atoms with Crippen molar-refractivity contribution >= 4 is 23.6 Å². The minimum Gasteiger partial charge on any atom is -0.392 e. The predicted octanol–water partition coefficient (Wildman–Crippen LogP) is 7.98. The maximum absolute atomic E-state index is 13.1. The van der Waals surface area contributed by atoms with Gasteiger partial charge >= 0.3 is 0 Å². The Kier molecular flexibility index (Phi) is 8.81. The zero-order valence-corrected chi connectivity index (χ0v) is 25.9. The number of aliphatic hydroxyl groups is 1. The number of ether oxygens (including phenoxy) is 2. The standard InChI is InChI=1S/C39H33NO5S/c41-24-26-14-16-28(17-15-26)36-22-31(25-46-32-9-2-1-3-10-32)44-39(45-36)29-20-18-27(19-21-29)33-11-5-4-8-30(33)23-40-37(42)34-12-6-7-13-35(34)38(40)43/h1-21,31,36,39,41H,22-25H2. The van der Waals surface area contributed by atoms with E-state index in [0.717, 1.165) is 45.6 Å². The quantitative estimate of drug-likeness (QED) is 0.132. The van der Waals surface area contributed by atoms with E-state index in [0.29, 0.717) is 11.1 Å². The first-order valence-electron chi connectivity index (χ1n) is 15.4. The molecule has 2 heterocycles. The highest BCUT2D eigenvalue weighted by molar-refractivity contribution is 7.99. The summed E-state index contributed by atoms with van der Waals surface area (Å²) in [5, 5.41) is 9.52. The van der Waals surface area contributed by atoms with E-state index < -0.39 is 6.29 Å². The van der Waals surface area contributed by atoms with Gasteiger partial charge in [0.05, 0.1) is 36.5 Å². The van der Waals surface area contributed by atoms with Gasteiger partial charge in [-0.1, -0.05) is 103 Å². The molecule has 7 rings (SSSR count). The van der Waals surface area contributed by atoms with Crippen LogP contribution in [0.4, 0.5) is 0 Å². The average Bonchev–Trinajstić information content (AvgIpc) is 3.36. The predicted molar refractivity (Wildman–Crippen MR) is 178 cm³/mol. The van der Waals surface area contributed by atoms with Crippen LogP contribution < -0.4 is 0 Å². The topological polar surface area (TPSA) is 76.1 Å². The lowest BCUT2D eigenvalue weighted by Crippen LogP contribution is -2.31. The van der Waals surface area contributed by atoms with Gasteiger partial charge in [0.15, 0.2) is 6.29 Å². The van der Waals surface area contributed by atoms with Gasteiger partial charge in [0.2, 0.25) is 0 Å². The Labute approximate surface area is 272 Å². The van der Waals surface area contributed by atoms with Gasteiger partial charge in [-0.25, -0.2) is 0 Å². The number of amides is 2. The Morgan fingerprint density at radius 3 is 1.96 bits per heavy atom. The van der Waals surface area contributed by atoms with Crippen molar-refractivity contribution in [3.63, 3.8) is 0 Å². The van der Waals surface area contributed by atoms with Crippen LogP contribution in [0.3, 0.4) is 0 Å². The number of hydrogen-bond donors (Lipinski definition) is 1. The maximum atomic E-state index is 13.1. The highest BCUT2D eigenvalue weighted by Gasteiger charge is 2.36. The third-order valence-corrected chi connectivity index (χ3v) is 9.66. The van der Waals surface area contributed by atoms with Crippen LogP contribution in [-0.2, 0) is 22.6 Å². The number of fused-ring (bicyclic) bond motifs is 1. The maximum Gasteiger partial charge on any atom is 0.261 e. The van der Waals surface area contributed by atoms with Crippen LogP contribution in [0.15, 0.2) is 132 Å². The summed E-state index contributed by atoms with van der Waals surface area (Å²) in [5.41, 5.74) is 6.54. The molecule has 2 amide bonds. The lowest BCUT2D eigenvalue weighted by Gasteiger charge is -2.36. The summed E-state index contributed by atoms with van der Waals surface area (Å²) in [6, 6.07) is 41.2. The SMILES string of the molecule is O=C1c2ccccc2C(=O)N1Cc1ccccc1-c1ccc(C2OC(CSc3ccccc3)CC(c3ccc(CO)cc3)O2)cc1. The molecule has 0 spiro atoms. The van der Waals surface area contributed by atoms with Crippen LogP contribution in [0, 0.1) is 0 Å². The molecular weight excluding hydrogens is 594 g/mol. The van der Waals surface area contributed by atoms with E-state index in [1.807, 2.05) is 91.0 Å². The van der Waals surface area contributed by atoms with Crippen molar-refractivity contribution in [2.75, 3.05) is 5.75 Å². The van der Waals surface area contributed by atoms with Crippen molar-refractivity contribution in [2.45, 2.75) is 43.0 Å². The van der Waals surface area contributed by atoms with E-state index in [-0.39, 0.29) is 37.2 Å². The van der Waals surface area contributed by atoms with Gasteiger partial charge in [-0.05, 0) is 52.1 Å². The fourth-order valence-electron chi connectivity index (χ4n) is 6.04. The number of aliphatic hydroxyl groups excluding tert-OH is 1. The number of carbonyl (C=O) groups excluding carboxylic acids is 2. The molecule has 0 aliphatic carbocycles. The molecule has 0 bridgehead atoms. The molecule has 1 N–H and O–H groups in total. The van der Waals surface area contributed by atoms with Crippen molar-refractivity contribution in [3.8, 4) is 11.1 Å². The first kappa shape index (κ1) is 30.1. The first-order chi connectivity index (χ1) is 22.6. The molecule has 6 nitrogen and oxygen atoms in total. The van der Waals surface area contributed by atoms with E-state index in [9.17, 15) is 14.7 Å². The highest BCUT2D eigenvalue weighted by Crippen LogP contribution is 2.40. The third kappa shape index (κ3) is 6.28. The van der Waals surface area contributed by atoms with Crippen LogP contribution in [0.2, 0.25) is 0 Å². The number of imide groups is 1. The number of nitrogens with zero attached hydrogens (tertiary/aromatic N) is 1. The highest BCUT2D eigenvalue weighted by atomic mass is 32.2. The molecule has 5 aromatic carbocycles. The fraction of sp³-hybridized carbons (Fsp3) is 0.179. The second-order valence-electron chi connectivity index (χ2n) is 11.5. The minimum atomic E-state index is -0.555. The lowest BCUT2D eigenvalue weighted by molar-refractivity contribution is -0.245. The van der Waals surface area contributed by atoms with Crippen LogP contribution in [0.1, 0.15) is 61.8 Å². The van der Waals surface area contributed by atoms with Gasteiger partial charge in [-0.15, -0.1) is 11.8 Å². The summed E-state index contributed by atoms with van der Waals surface area (Å²) in [6.45, 7) is 0.193. The van der Waals surface area contributed by atoms with E-state index in [4.69, 9.17) is 9.47 Å². The number of benzene rings is 5. The van der Waals surface area contributed by atoms with Gasteiger partial charge < -0.3 is 14.6 Å². The molecular formula is C39H33NO5S. The molecule has 7 heteroatoms. The molecule has 46 heavy (non-hydrogen) atoms. The van der Waals surface area contributed by atoms with Gasteiger partial charge in [-0.2, -0.15) is 0 Å². The van der Waals surface area contributed by atoms with Crippen molar-refractivity contribution in [3.05, 3.63) is 161 Å². The first-order valence-corrected chi connectivity index (χ1v) is 16.4. The summed E-state index contributed by atoms with van der Waals surface area (Å²) in [4.78, 5) is 28.6. The Morgan fingerprint density at radius 2 is 1.28 bits per heavy atom. The molecule has 1 fully saturated rings. The molecule has 3 atom stereocenters. The summed E-state index contributed by atoms with van der Waals surface area (Å²) in [5.74, 6) is 0.258. The second kappa shape index (κ2) is 13.4. The monoisotopic (exact) mass is 627 g/mol. The van der Waals surface area contributed by atoms with Gasteiger partial charge in [0, 0.05) is 22.6 Å². The van der Waals surface area contributed by atoms with E-state index in [2.05, 4.69) is 12.1 Å². The molecule has 0 saturated carbocycles. The van der Waals surface area contributed by atoms with Crippen molar-refractivity contribution in [1.82, 2.24) is 4.90 Å². The molecule has 1 saturated heterocycles. The van der Waals surface area contributed by atoms with Crippen molar-refractivity contribution in [2.24, 2.45) is 0 Å². The molecule has 5 aromatic rings. The van der Waals surface area contributed by atoms with Crippen LogP contribution in [-0.4, -0.2) is 33.7 Å². The molecule has 230 valence electrons. The summed E-state index contributed by atoms with van der Waals surface area (Å²) >= 11 is 1.77. The zero-order chi connectivity index (χ0) is 31.5. The molecule has 3 unspecified atom stereocenters. The van der Waals surface area contributed by atoms with Crippen LogP contribution in [0.25, 0.3) is 11.1 Å². The fourth-order valence-corrected chi connectivity index (χ4v) is 6.98.